The zero-order valence-corrected chi connectivity index (χ0v) is 16.4. The Morgan fingerprint density at radius 3 is 2.68 bits per heavy atom. The van der Waals surface area contributed by atoms with Gasteiger partial charge in [0.2, 0.25) is 5.91 Å². The molecule has 0 unspecified atom stereocenters. The molecule has 1 aromatic heterocycles. The van der Waals surface area contributed by atoms with Gasteiger partial charge in [0, 0.05) is 24.9 Å². The van der Waals surface area contributed by atoms with Gasteiger partial charge in [-0.3, -0.25) is 14.8 Å². The molecule has 0 saturated heterocycles. The SMILES string of the molecule is CC/C(C)=C(\NC(=O)Cc1ccccn1)S/C(=N\C)C1CCCCC1. The lowest BCUT2D eigenvalue weighted by Gasteiger charge is -2.24. The summed E-state index contributed by atoms with van der Waals surface area (Å²) in [4.78, 5) is 21.2. The number of nitrogens with one attached hydrogen (secondary N) is 1. The normalized spacial score (nSPS) is 17.2. The quantitative estimate of drug-likeness (QED) is 0.590. The summed E-state index contributed by atoms with van der Waals surface area (Å²) in [5.41, 5.74) is 1.98. The van der Waals surface area contributed by atoms with Crippen LogP contribution in [0.2, 0.25) is 0 Å². The van der Waals surface area contributed by atoms with E-state index in [1.165, 1.54) is 37.7 Å². The first-order valence-corrected chi connectivity index (χ1v) is 9.99. The van der Waals surface area contributed by atoms with Gasteiger partial charge in [0.15, 0.2) is 0 Å². The first-order chi connectivity index (χ1) is 12.1. The number of carbonyl (C=O) groups is 1. The number of allylic oxidation sites excluding steroid dienone is 1. The van der Waals surface area contributed by atoms with Crippen LogP contribution in [0.3, 0.4) is 0 Å². The Bertz CT molecular complexity index is 619. The zero-order chi connectivity index (χ0) is 18.1. The molecule has 0 aromatic carbocycles. The van der Waals surface area contributed by atoms with Crippen LogP contribution in [-0.4, -0.2) is 23.0 Å². The Kier molecular flexibility index (Phi) is 8.19. The first kappa shape index (κ1) is 19.7. The summed E-state index contributed by atoms with van der Waals surface area (Å²) in [5, 5.41) is 5.20. The van der Waals surface area contributed by atoms with Crippen molar-refractivity contribution >= 4 is 22.7 Å². The van der Waals surface area contributed by atoms with Crippen LogP contribution in [0.1, 0.15) is 58.1 Å². The molecular weight excluding hydrogens is 330 g/mol. The Morgan fingerprint density at radius 1 is 1.32 bits per heavy atom. The number of aromatic nitrogens is 1. The fourth-order valence-corrected chi connectivity index (χ4v) is 4.17. The largest absolute Gasteiger partial charge is 0.320 e. The Hall–Kier alpha value is -1.62. The van der Waals surface area contributed by atoms with Crippen molar-refractivity contribution in [3.05, 3.63) is 40.7 Å². The summed E-state index contributed by atoms with van der Waals surface area (Å²) in [6, 6.07) is 5.64. The summed E-state index contributed by atoms with van der Waals surface area (Å²) in [6.07, 6.45) is 9.23. The fraction of sp³-hybridized carbons (Fsp3) is 0.550. The number of amides is 1. The average Bonchev–Trinajstić information content (AvgIpc) is 2.65. The van der Waals surface area contributed by atoms with E-state index in [4.69, 9.17) is 0 Å². The van der Waals surface area contributed by atoms with E-state index >= 15 is 0 Å². The maximum atomic E-state index is 12.5. The summed E-state index contributed by atoms with van der Waals surface area (Å²) in [7, 11) is 1.87. The van der Waals surface area contributed by atoms with E-state index < -0.39 is 0 Å². The molecule has 1 aliphatic rings. The van der Waals surface area contributed by atoms with Crippen molar-refractivity contribution in [1.82, 2.24) is 10.3 Å². The number of thioether (sulfide) groups is 1. The van der Waals surface area contributed by atoms with E-state index in [1.807, 2.05) is 25.2 Å². The highest BCUT2D eigenvalue weighted by Gasteiger charge is 2.22. The molecule has 1 aromatic rings. The molecule has 1 amide bonds. The van der Waals surface area contributed by atoms with Crippen molar-refractivity contribution in [3.63, 3.8) is 0 Å². The monoisotopic (exact) mass is 359 g/mol. The van der Waals surface area contributed by atoms with Gasteiger partial charge in [-0.1, -0.05) is 44.0 Å². The Morgan fingerprint density at radius 2 is 2.08 bits per heavy atom. The topological polar surface area (TPSA) is 54.4 Å². The standard InChI is InChI=1S/C20H29N3OS/c1-4-15(2)19(23-18(24)14-17-12-8-9-13-22-17)25-20(21-3)16-10-6-5-7-11-16/h8-9,12-13,16H,4-7,10-11,14H2,1-3H3,(H,23,24)/b19-15+,21-20-. The van der Waals surface area contributed by atoms with Gasteiger partial charge in [0.1, 0.15) is 0 Å². The van der Waals surface area contributed by atoms with Gasteiger partial charge in [-0.25, -0.2) is 0 Å². The molecule has 1 saturated carbocycles. The van der Waals surface area contributed by atoms with Gasteiger partial charge in [0.05, 0.1) is 16.5 Å². The molecule has 0 radical (unpaired) electrons. The highest BCUT2D eigenvalue weighted by molar-refractivity contribution is 8.17. The van der Waals surface area contributed by atoms with Crippen LogP contribution in [0.25, 0.3) is 0 Å². The van der Waals surface area contributed by atoms with Crippen molar-refractivity contribution < 1.29 is 4.79 Å². The minimum atomic E-state index is -0.0203. The van der Waals surface area contributed by atoms with Crippen molar-refractivity contribution in [2.75, 3.05) is 7.05 Å². The van der Waals surface area contributed by atoms with Gasteiger partial charge in [-0.05, 0) is 43.9 Å². The second kappa shape index (κ2) is 10.4. The molecule has 1 aliphatic carbocycles. The van der Waals surface area contributed by atoms with E-state index in [2.05, 4.69) is 29.1 Å². The molecule has 1 heterocycles. The fourth-order valence-electron chi connectivity index (χ4n) is 2.98. The zero-order valence-electron chi connectivity index (χ0n) is 15.5. The first-order valence-electron chi connectivity index (χ1n) is 9.18. The molecule has 0 atom stereocenters. The van der Waals surface area contributed by atoms with E-state index in [9.17, 15) is 4.79 Å². The van der Waals surface area contributed by atoms with Gasteiger partial charge >= 0.3 is 0 Å². The predicted molar refractivity (Wildman–Crippen MR) is 107 cm³/mol. The molecular formula is C20H29N3OS. The molecule has 25 heavy (non-hydrogen) atoms. The Balaban J connectivity index is 2.04. The van der Waals surface area contributed by atoms with Crippen LogP contribution in [-0.2, 0) is 11.2 Å². The third-order valence-electron chi connectivity index (χ3n) is 4.62. The average molecular weight is 360 g/mol. The molecule has 0 aliphatic heterocycles. The highest BCUT2D eigenvalue weighted by atomic mass is 32.2. The van der Waals surface area contributed by atoms with Crippen molar-refractivity contribution in [1.29, 1.82) is 0 Å². The maximum absolute atomic E-state index is 12.5. The molecule has 5 heteroatoms. The maximum Gasteiger partial charge on any atom is 0.230 e. The lowest BCUT2D eigenvalue weighted by Crippen LogP contribution is -2.26. The summed E-state index contributed by atoms with van der Waals surface area (Å²) >= 11 is 1.65. The number of hydrogen-bond donors (Lipinski definition) is 1. The van der Waals surface area contributed by atoms with E-state index in [-0.39, 0.29) is 5.91 Å². The minimum Gasteiger partial charge on any atom is -0.320 e. The molecule has 2 rings (SSSR count). The van der Waals surface area contributed by atoms with Crippen LogP contribution in [0, 0.1) is 5.92 Å². The van der Waals surface area contributed by atoms with Gasteiger partial charge in [-0.2, -0.15) is 0 Å². The lowest BCUT2D eigenvalue weighted by molar-refractivity contribution is -0.119. The van der Waals surface area contributed by atoms with Crippen LogP contribution in [0.4, 0.5) is 0 Å². The summed E-state index contributed by atoms with van der Waals surface area (Å²) in [6.45, 7) is 4.20. The van der Waals surface area contributed by atoms with Crippen LogP contribution in [0.15, 0.2) is 40.0 Å². The van der Waals surface area contributed by atoms with E-state index in [0.29, 0.717) is 12.3 Å². The summed E-state index contributed by atoms with van der Waals surface area (Å²) < 4.78 is 0. The minimum absolute atomic E-state index is 0.0203. The van der Waals surface area contributed by atoms with E-state index in [0.717, 1.165) is 22.2 Å². The van der Waals surface area contributed by atoms with Crippen molar-refractivity contribution in [2.45, 2.75) is 58.8 Å². The van der Waals surface area contributed by atoms with E-state index in [1.54, 1.807) is 18.0 Å². The molecule has 0 bridgehead atoms. The van der Waals surface area contributed by atoms with Crippen LogP contribution < -0.4 is 5.32 Å². The second-order valence-electron chi connectivity index (χ2n) is 6.51. The number of hydrogen-bond acceptors (Lipinski definition) is 4. The third kappa shape index (κ3) is 6.31. The second-order valence-corrected chi connectivity index (χ2v) is 7.54. The highest BCUT2D eigenvalue weighted by Crippen LogP contribution is 2.32. The van der Waals surface area contributed by atoms with Crippen molar-refractivity contribution in [2.24, 2.45) is 10.9 Å². The molecule has 1 fully saturated rings. The lowest BCUT2D eigenvalue weighted by atomic mass is 9.90. The summed E-state index contributed by atoms with van der Waals surface area (Å²) in [5.74, 6) is 0.518. The van der Waals surface area contributed by atoms with Gasteiger partial charge < -0.3 is 5.32 Å². The van der Waals surface area contributed by atoms with Crippen molar-refractivity contribution in [3.8, 4) is 0 Å². The molecule has 4 nitrogen and oxygen atoms in total. The predicted octanol–water partition coefficient (Wildman–Crippen LogP) is 4.72. The molecule has 0 spiro atoms. The van der Waals surface area contributed by atoms with Gasteiger partial charge in [0.25, 0.3) is 0 Å². The van der Waals surface area contributed by atoms with Crippen LogP contribution >= 0.6 is 11.8 Å². The molecule has 136 valence electrons. The van der Waals surface area contributed by atoms with Gasteiger partial charge in [-0.15, -0.1) is 0 Å². The Labute approximate surface area is 155 Å². The number of aliphatic imine (C=N–C) groups is 1. The number of nitrogens with zero attached hydrogens (tertiary/aromatic N) is 2. The third-order valence-corrected chi connectivity index (χ3v) is 6.00. The smallest absolute Gasteiger partial charge is 0.230 e. The molecule has 1 N–H and O–H groups in total. The number of carbonyl (C=O) groups excluding carboxylic acids is 1. The number of rotatable bonds is 6. The number of pyridine rings is 1. The van der Waals surface area contributed by atoms with Crippen LogP contribution in [0.5, 0.6) is 0 Å².